The Hall–Kier alpha value is -1.74. The normalized spacial score (nSPS) is 10.3. The van der Waals surface area contributed by atoms with Gasteiger partial charge in [-0.05, 0) is 36.2 Å². The van der Waals surface area contributed by atoms with Gasteiger partial charge in [-0.25, -0.2) is 4.39 Å². The molecule has 0 amide bonds. The molecule has 1 N–H and O–H groups in total. The van der Waals surface area contributed by atoms with Crippen molar-refractivity contribution in [2.24, 2.45) is 0 Å². The predicted molar refractivity (Wildman–Crippen MR) is 76.5 cm³/mol. The standard InChI is InChI=1S/C15H15ClFNO/c1-10-8-11(6-7-14(10)19-2)9-18-13-5-3-4-12(16)15(13)17/h3-8,18H,9H2,1-2H3. The quantitative estimate of drug-likeness (QED) is 0.895. The van der Waals surface area contributed by atoms with E-state index in [1.165, 1.54) is 6.07 Å². The average molecular weight is 280 g/mol. The molecule has 0 radical (unpaired) electrons. The van der Waals surface area contributed by atoms with Gasteiger partial charge in [-0.15, -0.1) is 0 Å². The summed E-state index contributed by atoms with van der Waals surface area (Å²) >= 11 is 5.73. The summed E-state index contributed by atoms with van der Waals surface area (Å²) in [6.07, 6.45) is 0. The second kappa shape index (κ2) is 5.93. The predicted octanol–water partition coefficient (Wildman–Crippen LogP) is 4.41. The number of anilines is 1. The molecule has 2 aromatic carbocycles. The van der Waals surface area contributed by atoms with E-state index in [2.05, 4.69) is 5.32 Å². The van der Waals surface area contributed by atoms with Crippen molar-refractivity contribution in [2.45, 2.75) is 13.5 Å². The summed E-state index contributed by atoms with van der Waals surface area (Å²) in [5, 5.41) is 3.16. The molecular weight excluding hydrogens is 265 g/mol. The Labute approximate surface area is 117 Å². The molecule has 19 heavy (non-hydrogen) atoms. The molecule has 0 aliphatic rings. The fourth-order valence-corrected chi connectivity index (χ4v) is 2.06. The van der Waals surface area contributed by atoms with E-state index in [-0.39, 0.29) is 5.02 Å². The van der Waals surface area contributed by atoms with Crippen LogP contribution in [0.15, 0.2) is 36.4 Å². The molecule has 0 aromatic heterocycles. The number of halogens is 2. The number of hydrogen-bond donors (Lipinski definition) is 1. The molecule has 4 heteroatoms. The minimum Gasteiger partial charge on any atom is -0.496 e. The number of methoxy groups -OCH3 is 1. The van der Waals surface area contributed by atoms with Crippen molar-refractivity contribution in [3.63, 3.8) is 0 Å². The summed E-state index contributed by atoms with van der Waals surface area (Å²) in [5.41, 5.74) is 2.51. The van der Waals surface area contributed by atoms with Crippen LogP contribution in [-0.2, 0) is 6.54 Å². The Kier molecular flexibility index (Phi) is 4.27. The summed E-state index contributed by atoms with van der Waals surface area (Å²) in [7, 11) is 1.64. The fraction of sp³-hybridized carbons (Fsp3) is 0.200. The van der Waals surface area contributed by atoms with Crippen LogP contribution in [0.5, 0.6) is 5.75 Å². The zero-order valence-corrected chi connectivity index (χ0v) is 11.6. The zero-order chi connectivity index (χ0) is 13.8. The van der Waals surface area contributed by atoms with Gasteiger partial charge >= 0.3 is 0 Å². The SMILES string of the molecule is COc1ccc(CNc2cccc(Cl)c2F)cc1C. The van der Waals surface area contributed by atoms with Crippen molar-refractivity contribution < 1.29 is 9.13 Å². The van der Waals surface area contributed by atoms with E-state index in [0.29, 0.717) is 12.2 Å². The lowest BCUT2D eigenvalue weighted by molar-refractivity contribution is 0.411. The largest absolute Gasteiger partial charge is 0.496 e. The molecule has 0 fully saturated rings. The second-order valence-corrected chi connectivity index (χ2v) is 4.67. The van der Waals surface area contributed by atoms with Crippen LogP contribution < -0.4 is 10.1 Å². The van der Waals surface area contributed by atoms with Crippen molar-refractivity contribution in [3.05, 3.63) is 58.4 Å². The van der Waals surface area contributed by atoms with Gasteiger partial charge in [0.05, 0.1) is 17.8 Å². The van der Waals surface area contributed by atoms with Gasteiger partial charge in [-0.2, -0.15) is 0 Å². The first-order valence-electron chi connectivity index (χ1n) is 5.93. The maximum atomic E-state index is 13.7. The van der Waals surface area contributed by atoms with Crippen LogP contribution in [0.25, 0.3) is 0 Å². The van der Waals surface area contributed by atoms with Gasteiger partial charge < -0.3 is 10.1 Å². The molecule has 0 bridgehead atoms. The number of hydrogen-bond acceptors (Lipinski definition) is 2. The van der Waals surface area contributed by atoms with E-state index >= 15 is 0 Å². The maximum Gasteiger partial charge on any atom is 0.164 e. The highest BCUT2D eigenvalue weighted by Gasteiger charge is 2.06. The molecule has 0 atom stereocenters. The summed E-state index contributed by atoms with van der Waals surface area (Å²) in [6.45, 7) is 2.50. The van der Waals surface area contributed by atoms with Crippen LogP contribution in [0.2, 0.25) is 5.02 Å². The van der Waals surface area contributed by atoms with Crippen LogP contribution in [0.3, 0.4) is 0 Å². The Morgan fingerprint density at radius 2 is 2.05 bits per heavy atom. The third-order valence-corrected chi connectivity index (χ3v) is 3.19. The lowest BCUT2D eigenvalue weighted by Crippen LogP contribution is -2.02. The number of rotatable bonds is 4. The first kappa shape index (κ1) is 13.7. The molecule has 2 aromatic rings. The molecule has 0 spiro atoms. The molecule has 0 aliphatic heterocycles. The molecule has 100 valence electrons. The van der Waals surface area contributed by atoms with Crippen molar-refractivity contribution in [1.29, 1.82) is 0 Å². The molecule has 0 unspecified atom stereocenters. The van der Waals surface area contributed by atoms with E-state index in [4.69, 9.17) is 16.3 Å². The van der Waals surface area contributed by atoms with Crippen molar-refractivity contribution in [3.8, 4) is 5.75 Å². The van der Waals surface area contributed by atoms with E-state index in [0.717, 1.165) is 16.9 Å². The highest BCUT2D eigenvalue weighted by atomic mass is 35.5. The lowest BCUT2D eigenvalue weighted by Gasteiger charge is -2.10. The average Bonchev–Trinajstić information content (AvgIpc) is 2.40. The Morgan fingerprint density at radius 3 is 2.74 bits per heavy atom. The highest BCUT2D eigenvalue weighted by molar-refractivity contribution is 6.31. The summed E-state index contributed by atoms with van der Waals surface area (Å²) in [5.74, 6) is 0.423. The van der Waals surface area contributed by atoms with Crippen molar-refractivity contribution in [2.75, 3.05) is 12.4 Å². The van der Waals surface area contributed by atoms with E-state index < -0.39 is 5.82 Å². The molecule has 0 saturated heterocycles. The first-order valence-corrected chi connectivity index (χ1v) is 6.31. The lowest BCUT2D eigenvalue weighted by atomic mass is 10.1. The third kappa shape index (κ3) is 3.18. The number of nitrogens with one attached hydrogen (secondary N) is 1. The van der Waals surface area contributed by atoms with Crippen molar-refractivity contribution >= 4 is 17.3 Å². The molecule has 0 heterocycles. The van der Waals surface area contributed by atoms with Crippen molar-refractivity contribution in [1.82, 2.24) is 0 Å². The Balaban J connectivity index is 2.10. The van der Waals surface area contributed by atoms with E-state index in [1.807, 2.05) is 25.1 Å². The topological polar surface area (TPSA) is 21.3 Å². The van der Waals surface area contributed by atoms with E-state index in [9.17, 15) is 4.39 Å². The second-order valence-electron chi connectivity index (χ2n) is 4.26. The van der Waals surface area contributed by atoms with Gasteiger partial charge in [-0.3, -0.25) is 0 Å². The van der Waals surface area contributed by atoms with Crippen LogP contribution in [0.1, 0.15) is 11.1 Å². The van der Waals surface area contributed by atoms with Gasteiger partial charge in [0.15, 0.2) is 5.82 Å². The monoisotopic (exact) mass is 279 g/mol. The zero-order valence-electron chi connectivity index (χ0n) is 10.8. The molecule has 2 nitrogen and oxygen atoms in total. The fourth-order valence-electron chi connectivity index (χ4n) is 1.89. The van der Waals surface area contributed by atoms with Gasteiger partial charge in [0.2, 0.25) is 0 Å². The summed E-state index contributed by atoms with van der Waals surface area (Å²) in [6, 6.07) is 10.8. The third-order valence-electron chi connectivity index (χ3n) is 2.89. The van der Waals surface area contributed by atoms with Gasteiger partial charge in [0, 0.05) is 6.54 Å². The smallest absolute Gasteiger partial charge is 0.164 e. The molecule has 2 rings (SSSR count). The minimum absolute atomic E-state index is 0.121. The number of ether oxygens (including phenoxy) is 1. The van der Waals surface area contributed by atoms with Gasteiger partial charge in [0.1, 0.15) is 5.75 Å². The first-order chi connectivity index (χ1) is 9.11. The minimum atomic E-state index is -0.422. The number of aryl methyl sites for hydroxylation is 1. The number of benzene rings is 2. The Morgan fingerprint density at radius 1 is 1.26 bits per heavy atom. The molecular formula is C15H15ClFNO. The van der Waals surface area contributed by atoms with Gasteiger partial charge in [-0.1, -0.05) is 29.8 Å². The van der Waals surface area contributed by atoms with Crippen LogP contribution >= 0.6 is 11.6 Å². The molecule has 0 saturated carbocycles. The molecule has 0 aliphatic carbocycles. The van der Waals surface area contributed by atoms with Crippen LogP contribution in [0.4, 0.5) is 10.1 Å². The summed E-state index contributed by atoms with van der Waals surface area (Å²) in [4.78, 5) is 0. The Bertz CT molecular complexity index is 586. The van der Waals surface area contributed by atoms with Crippen LogP contribution in [0, 0.1) is 12.7 Å². The highest BCUT2D eigenvalue weighted by Crippen LogP contribution is 2.23. The maximum absolute atomic E-state index is 13.7. The van der Waals surface area contributed by atoms with Gasteiger partial charge in [0.25, 0.3) is 0 Å². The van der Waals surface area contributed by atoms with E-state index in [1.54, 1.807) is 19.2 Å². The summed E-state index contributed by atoms with van der Waals surface area (Å²) < 4.78 is 18.9. The van der Waals surface area contributed by atoms with Crippen LogP contribution in [-0.4, -0.2) is 7.11 Å².